The number of aryl methyl sites for hydroxylation is 1. The zero-order valence-electron chi connectivity index (χ0n) is 10.3. The van der Waals surface area contributed by atoms with E-state index in [1.807, 2.05) is 6.07 Å². The predicted molar refractivity (Wildman–Crippen MR) is 72.4 cm³/mol. The van der Waals surface area contributed by atoms with Crippen LogP contribution in [0.15, 0.2) is 24.3 Å². The number of benzene rings is 1. The molecule has 100 valence electrons. The van der Waals surface area contributed by atoms with Gasteiger partial charge in [0.25, 0.3) is 0 Å². The summed E-state index contributed by atoms with van der Waals surface area (Å²) in [5.74, 6) is -1.28. The second kappa shape index (κ2) is 5.79. The van der Waals surface area contributed by atoms with Crippen LogP contribution in [0.2, 0.25) is 0 Å². The average molecular weight is 280 g/mol. The normalized spacial score (nSPS) is 10.4. The molecule has 0 radical (unpaired) electrons. The van der Waals surface area contributed by atoms with Crippen molar-refractivity contribution in [1.82, 2.24) is 4.98 Å². The van der Waals surface area contributed by atoms with Gasteiger partial charge in [0.1, 0.15) is 5.82 Å². The Labute approximate surface area is 113 Å². The number of aromatic carboxylic acids is 1. The fourth-order valence-electron chi connectivity index (χ4n) is 1.68. The summed E-state index contributed by atoms with van der Waals surface area (Å²) in [6.45, 7) is 2.30. The molecule has 4 nitrogen and oxygen atoms in total. The van der Waals surface area contributed by atoms with Gasteiger partial charge in [-0.3, -0.25) is 0 Å². The molecular weight excluding hydrogens is 267 g/mol. The Morgan fingerprint density at radius 1 is 1.53 bits per heavy atom. The molecule has 0 bridgehead atoms. The van der Waals surface area contributed by atoms with Crippen LogP contribution in [0.25, 0.3) is 0 Å². The van der Waals surface area contributed by atoms with Gasteiger partial charge in [0, 0.05) is 11.4 Å². The first-order chi connectivity index (χ1) is 9.06. The second-order valence-corrected chi connectivity index (χ2v) is 5.24. The number of anilines is 1. The lowest BCUT2D eigenvalue weighted by atomic mass is 10.1. The molecule has 0 aliphatic carbocycles. The van der Waals surface area contributed by atoms with Crippen molar-refractivity contribution in [2.24, 2.45) is 0 Å². The lowest BCUT2D eigenvalue weighted by Crippen LogP contribution is -2.05. The van der Waals surface area contributed by atoms with Crippen LogP contribution >= 0.6 is 11.3 Å². The maximum Gasteiger partial charge on any atom is 0.355 e. The summed E-state index contributed by atoms with van der Waals surface area (Å²) < 4.78 is 13.0. The monoisotopic (exact) mass is 280 g/mol. The van der Waals surface area contributed by atoms with E-state index in [2.05, 4.69) is 10.3 Å². The van der Waals surface area contributed by atoms with Crippen LogP contribution in [0.5, 0.6) is 0 Å². The van der Waals surface area contributed by atoms with E-state index in [0.717, 1.165) is 5.56 Å². The van der Waals surface area contributed by atoms with Crippen molar-refractivity contribution in [1.29, 1.82) is 0 Å². The number of hydrogen-bond donors (Lipinski definition) is 2. The number of nitrogens with zero attached hydrogens (tertiary/aromatic N) is 1. The van der Waals surface area contributed by atoms with Crippen LogP contribution < -0.4 is 5.32 Å². The van der Waals surface area contributed by atoms with E-state index in [1.54, 1.807) is 13.0 Å². The highest BCUT2D eigenvalue weighted by molar-refractivity contribution is 7.15. The van der Waals surface area contributed by atoms with E-state index in [1.165, 1.54) is 23.5 Å². The molecule has 0 aliphatic rings. The van der Waals surface area contributed by atoms with Gasteiger partial charge in [0.2, 0.25) is 0 Å². The lowest BCUT2D eigenvalue weighted by Gasteiger charge is -2.02. The minimum atomic E-state index is -1.02. The summed E-state index contributed by atoms with van der Waals surface area (Å²) in [6.07, 6.45) is 0.652. The van der Waals surface area contributed by atoms with E-state index >= 15 is 0 Å². The number of carbonyl (C=O) groups is 1. The third-order valence-electron chi connectivity index (χ3n) is 2.58. The number of nitrogens with one attached hydrogen (secondary N) is 1. The highest BCUT2D eigenvalue weighted by atomic mass is 32.1. The first kappa shape index (κ1) is 13.5. The van der Waals surface area contributed by atoms with Crippen molar-refractivity contribution in [3.63, 3.8) is 0 Å². The van der Waals surface area contributed by atoms with Crippen LogP contribution in [-0.2, 0) is 6.42 Å². The van der Waals surface area contributed by atoms with Gasteiger partial charge < -0.3 is 10.4 Å². The lowest BCUT2D eigenvalue weighted by molar-refractivity contribution is 0.0690. The van der Waals surface area contributed by atoms with Crippen molar-refractivity contribution in [3.05, 3.63) is 46.2 Å². The van der Waals surface area contributed by atoms with Crippen LogP contribution in [0, 0.1) is 12.7 Å². The molecule has 0 unspecified atom stereocenters. The van der Waals surface area contributed by atoms with Crippen molar-refractivity contribution in [2.75, 3.05) is 11.9 Å². The standard InChI is InChI=1S/C13H13FN2O2S/c1-8-11(12(17)18)16-13(19-8)15-6-5-9-3-2-4-10(14)7-9/h2-4,7H,5-6H2,1H3,(H,15,16)(H,17,18). The van der Waals surface area contributed by atoms with Gasteiger partial charge in [-0.25, -0.2) is 14.2 Å². The van der Waals surface area contributed by atoms with Gasteiger partial charge >= 0.3 is 5.97 Å². The van der Waals surface area contributed by atoms with Crippen molar-refractivity contribution in [3.8, 4) is 0 Å². The van der Waals surface area contributed by atoms with Crippen LogP contribution in [0.3, 0.4) is 0 Å². The average Bonchev–Trinajstić information content (AvgIpc) is 2.71. The summed E-state index contributed by atoms with van der Waals surface area (Å²) in [7, 11) is 0. The summed E-state index contributed by atoms with van der Waals surface area (Å²) in [4.78, 5) is 15.5. The Bertz CT molecular complexity index is 598. The Balaban J connectivity index is 1.92. The van der Waals surface area contributed by atoms with E-state index in [0.29, 0.717) is 23.0 Å². The van der Waals surface area contributed by atoms with Gasteiger partial charge in [0.05, 0.1) is 0 Å². The summed E-state index contributed by atoms with van der Waals surface area (Å²) in [5, 5.41) is 12.5. The SMILES string of the molecule is Cc1sc(NCCc2cccc(F)c2)nc1C(=O)O. The maximum absolute atomic E-state index is 13.0. The molecule has 19 heavy (non-hydrogen) atoms. The molecule has 1 aromatic carbocycles. The highest BCUT2D eigenvalue weighted by Crippen LogP contribution is 2.21. The Hall–Kier alpha value is -1.95. The van der Waals surface area contributed by atoms with Gasteiger partial charge in [0.15, 0.2) is 10.8 Å². The molecule has 0 aliphatic heterocycles. The van der Waals surface area contributed by atoms with Crippen molar-refractivity contribution < 1.29 is 14.3 Å². The molecule has 2 aromatic rings. The fourth-order valence-corrected chi connectivity index (χ4v) is 2.51. The third kappa shape index (κ3) is 3.51. The number of aromatic nitrogens is 1. The molecule has 6 heteroatoms. The fraction of sp³-hybridized carbons (Fsp3) is 0.231. The number of carboxylic acid groups (broad SMARTS) is 1. The number of rotatable bonds is 5. The molecule has 1 heterocycles. The predicted octanol–water partition coefficient (Wildman–Crippen LogP) is 2.94. The second-order valence-electron chi connectivity index (χ2n) is 4.04. The minimum Gasteiger partial charge on any atom is -0.476 e. The molecule has 0 saturated heterocycles. The smallest absolute Gasteiger partial charge is 0.355 e. The molecule has 2 N–H and O–H groups in total. The molecule has 0 saturated carbocycles. The summed E-state index contributed by atoms with van der Waals surface area (Å²) >= 11 is 1.30. The number of carboxylic acids is 1. The van der Waals surface area contributed by atoms with Crippen molar-refractivity contribution in [2.45, 2.75) is 13.3 Å². The van der Waals surface area contributed by atoms with Crippen LogP contribution in [-0.4, -0.2) is 22.6 Å². The van der Waals surface area contributed by atoms with E-state index in [4.69, 9.17) is 5.11 Å². The van der Waals surface area contributed by atoms with E-state index in [-0.39, 0.29) is 11.5 Å². The van der Waals surface area contributed by atoms with Crippen LogP contribution in [0.1, 0.15) is 20.9 Å². The zero-order valence-corrected chi connectivity index (χ0v) is 11.1. The summed E-state index contributed by atoms with van der Waals surface area (Å²) in [6, 6.07) is 6.40. The Kier molecular flexibility index (Phi) is 4.11. The topological polar surface area (TPSA) is 62.2 Å². The number of hydrogen-bond acceptors (Lipinski definition) is 4. The quantitative estimate of drug-likeness (QED) is 0.884. The van der Waals surface area contributed by atoms with E-state index in [9.17, 15) is 9.18 Å². The Morgan fingerprint density at radius 2 is 2.32 bits per heavy atom. The molecule has 0 spiro atoms. The van der Waals surface area contributed by atoms with Crippen LogP contribution in [0.4, 0.5) is 9.52 Å². The van der Waals surface area contributed by atoms with Gasteiger partial charge in [-0.1, -0.05) is 12.1 Å². The zero-order chi connectivity index (χ0) is 13.8. The van der Waals surface area contributed by atoms with Gasteiger partial charge in [-0.05, 0) is 31.0 Å². The van der Waals surface area contributed by atoms with Gasteiger partial charge in [-0.2, -0.15) is 0 Å². The Morgan fingerprint density at radius 3 is 2.95 bits per heavy atom. The molecule has 0 atom stereocenters. The van der Waals surface area contributed by atoms with Gasteiger partial charge in [-0.15, -0.1) is 11.3 Å². The van der Waals surface area contributed by atoms with Crippen molar-refractivity contribution >= 4 is 22.4 Å². The third-order valence-corrected chi connectivity index (χ3v) is 3.51. The molecule has 2 rings (SSSR count). The van der Waals surface area contributed by atoms with E-state index < -0.39 is 5.97 Å². The first-order valence-electron chi connectivity index (χ1n) is 5.75. The largest absolute Gasteiger partial charge is 0.476 e. The molecular formula is C13H13FN2O2S. The molecule has 1 aromatic heterocycles. The first-order valence-corrected chi connectivity index (χ1v) is 6.57. The number of thiazole rings is 1. The highest BCUT2D eigenvalue weighted by Gasteiger charge is 2.13. The minimum absolute atomic E-state index is 0.0817. The number of halogens is 1. The molecule has 0 fully saturated rings. The summed E-state index contributed by atoms with van der Waals surface area (Å²) in [5.41, 5.74) is 0.970. The maximum atomic E-state index is 13.0. The molecule has 0 amide bonds.